The van der Waals surface area contributed by atoms with Crippen molar-refractivity contribution in [3.63, 3.8) is 0 Å². The van der Waals surface area contributed by atoms with Gasteiger partial charge in [-0.25, -0.2) is 0 Å². The summed E-state index contributed by atoms with van der Waals surface area (Å²) in [6.07, 6.45) is 0. The van der Waals surface area contributed by atoms with Gasteiger partial charge in [0.1, 0.15) is 0 Å². The Morgan fingerprint density at radius 1 is 1.71 bits per heavy atom. The zero-order valence-electron chi connectivity index (χ0n) is 4.47. The van der Waals surface area contributed by atoms with Crippen molar-refractivity contribution >= 4 is 0 Å². The van der Waals surface area contributed by atoms with Gasteiger partial charge in [0.15, 0.2) is 0 Å². The van der Waals surface area contributed by atoms with E-state index in [2.05, 4.69) is 12.2 Å². The number of nitrogens with one attached hydrogen (secondary N) is 1. The summed E-state index contributed by atoms with van der Waals surface area (Å²) >= 11 is 0. The maximum absolute atomic E-state index is 3.41. The minimum absolute atomic E-state index is 0.633. The minimum atomic E-state index is 0.633. The molecule has 0 radical (unpaired) electrons. The second-order valence-corrected chi connectivity index (χ2v) is 4.87. The Bertz CT molecular complexity index is 50.0. The van der Waals surface area contributed by atoms with Crippen LogP contribution >= 0.6 is 0 Å². The van der Waals surface area contributed by atoms with E-state index in [1.54, 1.807) is 0 Å². The van der Waals surface area contributed by atoms with Crippen molar-refractivity contribution in [1.82, 2.24) is 5.32 Å². The summed E-state index contributed by atoms with van der Waals surface area (Å²) in [5.74, 6) is 0. The molecular formula is C5H11NNo. The molecule has 1 saturated heterocycles. The first-order chi connectivity index (χ1) is 3.39. The molecule has 0 aromatic heterocycles. The third-order valence-corrected chi connectivity index (χ3v) is 4.24. The predicted octanol–water partition coefficient (Wildman–Crippen LogP) is 0.900. The Morgan fingerprint density at radius 2 is 2.57 bits per heavy atom. The van der Waals surface area contributed by atoms with Gasteiger partial charge in [-0.2, -0.15) is 0 Å². The van der Waals surface area contributed by atoms with Crippen molar-refractivity contribution in [3.8, 4) is 0 Å². The van der Waals surface area contributed by atoms with E-state index in [1.807, 2.05) is 0 Å². The Labute approximate surface area is 39.7 Å². The molecule has 0 aromatic rings. The third kappa shape index (κ3) is 0.897. The summed E-state index contributed by atoms with van der Waals surface area (Å²) in [4.78, 5) is 0. The fourth-order valence-electron chi connectivity index (χ4n) is 0.541. The molecular weight excluding hydrogens is 333 g/mol. The van der Waals surface area contributed by atoms with Crippen LogP contribution in [0, 0.1) is 0 Å². The molecule has 7 heavy (non-hydrogen) atoms. The monoisotopic (exact) mass is 344 g/mol. The van der Waals surface area contributed by atoms with Crippen molar-refractivity contribution in [2.24, 2.45) is 0 Å². The summed E-state index contributed by atoms with van der Waals surface area (Å²) in [5.41, 5.74) is 0. The van der Waals surface area contributed by atoms with Crippen molar-refractivity contribution in [2.45, 2.75) is 26.8 Å². The molecule has 50 valence electrons. The van der Waals surface area contributed by atoms with Gasteiger partial charge in [0, 0.05) is 0 Å². The molecule has 0 spiro atoms. The normalized spacial score (nSPS) is 30.7. The van der Waals surface area contributed by atoms with E-state index < -0.39 is 0 Å². The molecule has 1 aliphatic rings. The first-order valence-corrected chi connectivity index (χ1v) is 5.65. The molecule has 1 atom stereocenters. The van der Waals surface area contributed by atoms with Crippen LogP contribution in [0.3, 0.4) is 0 Å². The van der Waals surface area contributed by atoms with Crippen molar-refractivity contribution in [3.05, 3.63) is 0 Å². The molecule has 0 aromatic carbocycles. The average molecular weight is 344 g/mol. The van der Waals surface area contributed by atoms with E-state index >= 15 is 0 Å². The zero-order valence-corrected chi connectivity index (χ0v) is 6.69. The van der Waals surface area contributed by atoms with Crippen LogP contribution in [-0.2, 0) is 0 Å². The van der Waals surface area contributed by atoms with Gasteiger partial charge in [0.05, 0.1) is 0 Å². The summed E-state index contributed by atoms with van der Waals surface area (Å²) in [6.45, 7) is 6.53. The first-order valence-electron chi connectivity index (χ1n) is 2.51. The van der Waals surface area contributed by atoms with Gasteiger partial charge in [0.25, 0.3) is 0 Å². The number of hydrogen-bond acceptors (Lipinski definition) is 1. The van der Waals surface area contributed by atoms with Crippen molar-refractivity contribution < 1.29 is 0 Å². The molecule has 0 amide bonds. The zero-order chi connectivity index (χ0) is 5.11. The van der Waals surface area contributed by atoms with Gasteiger partial charge >= 0.3 is 38.7 Å². The second-order valence-electron chi connectivity index (χ2n) is 1.73. The SMILES string of the molecule is C[C@@H]1[CH2][No][CH2]CN1. The molecule has 0 aliphatic carbocycles. The van der Waals surface area contributed by atoms with Gasteiger partial charge in [-0.1, -0.05) is 0 Å². The van der Waals surface area contributed by atoms with E-state index in [0.29, 0.717) is 0 Å². The Kier molecular flexibility index (Phi) is 0.947. The van der Waals surface area contributed by atoms with Crippen LogP contribution in [0.2, 0.25) is 13.8 Å². The standard InChI is InChI=1S/C5H11N.No/c1-4-6-5(2)3;/h5-6H,1-2,4H2,3H3;/t5-;/m0./s1. The summed E-state index contributed by atoms with van der Waals surface area (Å²) in [6, 6.07) is 0.833. The third-order valence-electron chi connectivity index (χ3n) is 0.895. The molecule has 0 bridgehead atoms. The van der Waals surface area contributed by atoms with Crippen LogP contribution in [0.1, 0.15) is 6.92 Å². The van der Waals surface area contributed by atoms with Gasteiger partial charge in [-0.05, 0) is 0 Å². The quantitative estimate of drug-likeness (QED) is 0.689. The predicted molar refractivity (Wildman–Crippen MR) is 27.1 cm³/mol. The second kappa shape index (κ2) is 1.61. The molecule has 0 saturated carbocycles. The van der Waals surface area contributed by atoms with E-state index in [0.717, 1.165) is 6.04 Å². The van der Waals surface area contributed by atoms with E-state index in [1.165, 1.54) is 20.4 Å². The first kappa shape index (κ1) is 4.13. The maximum atomic E-state index is 3.41. The van der Waals surface area contributed by atoms with Crippen LogP contribution in [0.25, 0.3) is 0 Å². The molecule has 1 aliphatic heterocycles. The molecule has 1 rings (SSSR count). The van der Waals surface area contributed by atoms with Crippen molar-refractivity contribution in [1.29, 1.82) is 0 Å². The summed E-state index contributed by atoms with van der Waals surface area (Å²) in [5, 5.41) is 3.41. The molecule has 1 heterocycles. The van der Waals surface area contributed by atoms with Crippen molar-refractivity contribution in [2.75, 3.05) is 6.54 Å². The molecule has 1 nitrogen and oxygen atoms in total. The average Bonchev–Trinajstić information content (AvgIpc) is 1.69. The van der Waals surface area contributed by atoms with Crippen LogP contribution in [0.15, 0.2) is 0 Å². The summed E-state index contributed by atoms with van der Waals surface area (Å²) in [7, 11) is 0. The molecule has 1 N–H and O–H groups in total. The Balaban J connectivity index is 2.12. The van der Waals surface area contributed by atoms with Crippen LogP contribution in [0.5, 0.6) is 0 Å². The summed E-state index contributed by atoms with van der Waals surface area (Å²) < 4.78 is 0.633. The number of rotatable bonds is 0. The van der Waals surface area contributed by atoms with Crippen LogP contribution in [0.4, 0.5) is 0 Å². The fraction of sp³-hybridized carbons (Fsp3) is 1.00. The van der Waals surface area contributed by atoms with Gasteiger partial charge in [0.2, 0.25) is 0 Å². The van der Waals surface area contributed by atoms with E-state index in [4.69, 9.17) is 0 Å². The fourth-order valence-corrected chi connectivity index (χ4v) is 2.99. The Morgan fingerprint density at radius 3 is 2.86 bits per heavy atom. The Hall–Kier alpha value is -1.04. The van der Waals surface area contributed by atoms with Gasteiger partial charge < -0.3 is 0 Å². The van der Waals surface area contributed by atoms with Crippen LogP contribution in [-0.4, -0.2) is 12.6 Å². The molecule has 0 unspecified atom stereocenters. The number of hydrogen-bond donors (Lipinski definition) is 1. The van der Waals surface area contributed by atoms with Gasteiger partial charge in [-0.15, -0.1) is 0 Å². The molecule has 1 fully saturated rings. The molecule has 2 heteroatoms. The van der Waals surface area contributed by atoms with Gasteiger partial charge in [-0.3, -0.25) is 0 Å². The topological polar surface area (TPSA) is 12.0 Å². The van der Waals surface area contributed by atoms with E-state index in [9.17, 15) is 0 Å². The van der Waals surface area contributed by atoms with Crippen LogP contribution < -0.4 is 5.32 Å². The van der Waals surface area contributed by atoms with E-state index in [-0.39, 0.29) is 0 Å².